The highest BCUT2D eigenvalue weighted by Gasteiger charge is 2.36. The van der Waals surface area contributed by atoms with Crippen molar-refractivity contribution in [1.82, 2.24) is 0 Å². The lowest BCUT2D eigenvalue weighted by Crippen LogP contribution is -2.33. The van der Waals surface area contributed by atoms with Gasteiger partial charge in [0.1, 0.15) is 0 Å². The smallest absolute Gasteiger partial charge is 0.211 e. The predicted molar refractivity (Wildman–Crippen MR) is 118 cm³/mol. The number of isocyanates is 3. The molecule has 0 spiro atoms. The molecule has 6 nitrogen and oxygen atoms in total. The van der Waals surface area contributed by atoms with E-state index in [1.54, 1.807) is 18.2 Å². The van der Waals surface area contributed by atoms with Crippen LogP contribution in [0.1, 0.15) is 47.9 Å². The van der Waals surface area contributed by atoms with E-state index in [0.29, 0.717) is 11.4 Å². The van der Waals surface area contributed by atoms with E-state index in [9.17, 15) is 14.4 Å². The Morgan fingerprint density at radius 2 is 1.61 bits per heavy atom. The number of rotatable bonds is 7. The van der Waals surface area contributed by atoms with E-state index < -0.39 is 0 Å². The largest absolute Gasteiger partial charge is 0.240 e. The Balaban J connectivity index is 1.98. The van der Waals surface area contributed by atoms with Gasteiger partial charge in [-0.1, -0.05) is 18.2 Å². The van der Waals surface area contributed by atoms with Crippen LogP contribution >= 0.6 is 0 Å². The molecule has 0 aliphatic heterocycles. The van der Waals surface area contributed by atoms with Crippen molar-refractivity contribution >= 4 is 29.6 Å². The van der Waals surface area contributed by atoms with Gasteiger partial charge in [-0.3, -0.25) is 0 Å². The molecule has 31 heavy (non-hydrogen) atoms. The second-order valence-electron chi connectivity index (χ2n) is 8.38. The molecule has 0 heterocycles. The van der Waals surface area contributed by atoms with Crippen molar-refractivity contribution in [2.75, 3.05) is 0 Å². The molecule has 1 fully saturated rings. The van der Waals surface area contributed by atoms with E-state index in [4.69, 9.17) is 0 Å². The molecular formula is C25H25N3O3. The maximum atomic E-state index is 10.8. The van der Waals surface area contributed by atoms with Gasteiger partial charge in [-0.15, -0.1) is 0 Å². The summed E-state index contributed by atoms with van der Waals surface area (Å²) in [5.41, 5.74) is 5.62. The van der Waals surface area contributed by atoms with E-state index >= 15 is 0 Å². The minimum absolute atomic E-state index is 0.0183. The fourth-order valence-corrected chi connectivity index (χ4v) is 4.64. The monoisotopic (exact) mass is 415 g/mol. The van der Waals surface area contributed by atoms with Gasteiger partial charge in [0.15, 0.2) is 0 Å². The van der Waals surface area contributed by atoms with Crippen LogP contribution in [0.2, 0.25) is 0 Å². The van der Waals surface area contributed by atoms with Gasteiger partial charge in [-0.05, 0) is 98.2 Å². The summed E-state index contributed by atoms with van der Waals surface area (Å²) in [6, 6.07) is 11.6. The van der Waals surface area contributed by atoms with Crippen LogP contribution in [-0.2, 0) is 27.2 Å². The molecule has 0 aromatic heterocycles. The summed E-state index contributed by atoms with van der Waals surface area (Å²) in [6.07, 6.45) is 10.1. The van der Waals surface area contributed by atoms with E-state index in [0.717, 1.165) is 60.8 Å². The zero-order valence-corrected chi connectivity index (χ0v) is 17.9. The molecule has 2 aromatic carbocycles. The minimum Gasteiger partial charge on any atom is -0.211 e. The molecule has 0 bridgehead atoms. The van der Waals surface area contributed by atoms with Gasteiger partial charge in [0.25, 0.3) is 0 Å². The number of benzene rings is 2. The lowest BCUT2D eigenvalue weighted by atomic mass is 9.65. The third-order valence-electron chi connectivity index (χ3n) is 6.47. The minimum atomic E-state index is -0.0442. The highest BCUT2D eigenvalue weighted by Crippen LogP contribution is 2.44. The molecule has 2 aromatic rings. The van der Waals surface area contributed by atoms with E-state index in [1.165, 1.54) is 0 Å². The van der Waals surface area contributed by atoms with Gasteiger partial charge < -0.3 is 0 Å². The summed E-state index contributed by atoms with van der Waals surface area (Å²) in [7, 11) is 0. The highest BCUT2D eigenvalue weighted by molar-refractivity contribution is 5.56. The van der Waals surface area contributed by atoms with Crippen LogP contribution in [-0.4, -0.2) is 24.3 Å². The average Bonchev–Trinajstić information content (AvgIpc) is 2.76. The van der Waals surface area contributed by atoms with E-state index in [-0.39, 0.29) is 11.5 Å². The maximum Gasteiger partial charge on any atom is 0.240 e. The topological polar surface area (TPSA) is 88.3 Å². The first-order valence-corrected chi connectivity index (χ1v) is 10.4. The van der Waals surface area contributed by atoms with Crippen molar-refractivity contribution in [1.29, 1.82) is 0 Å². The number of hydrogen-bond donors (Lipinski definition) is 0. The molecule has 0 unspecified atom stereocenters. The van der Waals surface area contributed by atoms with Crippen molar-refractivity contribution in [3.05, 3.63) is 58.7 Å². The molecule has 0 radical (unpaired) electrons. The molecule has 0 atom stereocenters. The molecule has 1 aliphatic carbocycles. The highest BCUT2D eigenvalue weighted by atomic mass is 16.1. The fraction of sp³-hybridized carbons (Fsp3) is 0.400. The zero-order valence-electron chi connectivity index (χ0n) is 17.9. The van der Waals surface area contributed by atoms with Gasteiger partial charge in [0, 0.05) is 0 Å². The third kappa shape index (κ3) is 5.39. The molecular weight excluding hydrogens is 390 g/mol. The number of aryl methyl sites for hydroxylation is 1. The molecule has 158 valence electrons. The number of nitrogens with zero attached hydrogens (tertiary/aromatic N) is 3. The molecule has 1 aliphatic rings. The van der Waals surface area contributed by atoms with Crippen LogP contribution in [0.15, 0.2) is 51.4 Å². The third-order valence-corrected chi connectivity index (χ3v) is 6.47. The summed E-state index contributed by atoms with van der Waals surface area (Å²) >= 11 is 0. The maximum absolute atomic E-state index is 10.8. The van der Waals surface area contributed by atoms with Gasteiger partial charge >= 0.3 is 0 Å². The Kier molecular flexibility index (Phi) is 7.23. The Morgan fingerprint density at radius 1 is 0.903 bits per heavy atom. The van der Waals surface area contributed by atoms with Gasteiger partial charge in [-0.25, -0.2) is 19.4 Å². The average molecular weight is 415 g/mol. The van der Waals surface area contributed by atoms with Crippen molar-refractivity contribution in [2.45, 2.75) is 58.4 Å². The molecule has 6 heteroatoms. The number of carbonyl (C=O) groups excluding carboxylic acids is 3. The summed E-state index contributed by atoms with van der Waals surface area (Å²) in [5, 5.41) is 0. The summed E-state index contributed by atoms with van der Waals surface area (Å²) in [4.78, 5) is 43.8. The Hall–Kier alpha value is -3.42. The summed E-state index contributed by atoms with van der Waals surface area (Å²) in [6.45, 7) is 4.04. The lowest BCUT2D eigenvalue weighted by molar-refractivity contribution is 0.172. The van der Waals surface area contributed by atoms with E-state index in [1.807, 2.05) is 37.3 Å². The normalized spacial score (nSPS) is 20.1. The van der Waals surface area contributed by atoms with Gasteiger partial charge in [0.2, 0.25) is 18.2 Å². The van der Waals surface area contributed by atoms with Crippen LogP contribution in [0.4, 0.5) is 11.4 Å². The van der Waals surface area contributed by atoms with Crippen LogP contribution < -0.4 is 0 Å². The van der Waals surface area contributed by atoms with Crippen LogP contribution in [0.5, 0.6) is 0 Å². The van der Waals surface area contributed by atoms with Crippen LogP contribution in [0, 0.1) is 19.3 Å². The van der Waals surface area contributed by atoms with Crippen molar-refractivity contribution in [2.24, 2.45) is 20.4 Å². The SMILES string of the molecule is Cc1ccc(N=C=O)cc1CC1(Cc2cccc(N=C=O)c2C)CCC(N=C=O)CC1. The summed E-state index contributed by atoms with van der Waals surface area (Å²) in [5.74, 6) is 0. The second kappa shape index (κ2) is 10.1. The van der Waals surface area contributed by atoms with Gasteiger partial charge in [-0.2, -0.15) is 9.98 Å². The predicted octanol–water partition coefficient (Wildman–Crippen LogP) is 5.29. The van der Waals surface area contributed by atoms with Crippen molar-refractivity contribution < 1.29 is 14.4 Å². The standard InChI is InChI=1S/C25H25N3O3/c1-18-6-7-23(27-16-30)12-21(18)14-25(10-8-22(9-11-25)26-15-29)13-20-4-3-5-24(19(20)2)28-17-31/h3-7,12,22H,8-11,13-14H2,1-2H3. The first-order valence-electron chi connectivity index (χ1n) is 10.4. The zero-order chi connectivity index (χ0) is 22.3. The van der Waals surface area contributed by atoms with E-state index in [2.05, 4.69) is 28.0 Å². The number of aliphatic imine (C=N–C) groups is 3. The number of hydrogen-bond acceptors (Lipinski definition) is 6. The van der Waals surface area contributed by atoms with Crippen LogP contribution in [0.3, 0.4) is 0 Å². The van der Waals surface area contributed by atoms with Crippen molar-refractivity contribution in [3.8, 4) is 0 Å². The molecule has 1 saturated carbocycles. The first-order chi connectivity index (χ1) is 15.0. The molecule has 0 saturated heterocycles. The second-order valence-corrected chi connectivity index (χ2v) is 8.38. The Morgan fingerprint density at radius 3 is 2.29 bits per heavy atom. The van der Waals surface area contributed by atoms with Gasteiger partial charge in [0.05, 0.1) is 17.4 Å². The molecule has 3 rings (SSSR count). The Bertz CT molecular complexity index is 1090. The fourth-order valence-electron chi connectivity index (χ4n) is 4.64. The lowest BCUT2D eigenvalue weighted by Gasteiger charge is -2.40. The van der Waals surface area contributed by atoms with Crippen molar-refractivity contribution in [3.63, 3.8) is 0 Å². The Labute approximate surface area is 181 Å². The molecule has 0 amide bonds. The quantitative estimate of drug-likeness (QED) is 0.455. The summed E-state index contributed by atoms with van der Waals surface area (Å²) < 4.78 is 0. The first kappa shape index (κ1) is 22.3. The van der Waals surface area contributed by atoms with Crippen LogP contribution in [0.25, 0.3) is 0 Å². The molecule has 0 N–H and O–H groups in total.